The highest BCUT2D eigenvalue weighted by molar-refractivity contribution is 7.87. The SMILES string of the molecule is CC(NS(N)(=O)=O)C1CCN(c2cc(=O)[nH]c3ccccc23)CC1.Cl. The van der Waals surface area contributed by atoms with Crippen LogP contribution >= 0.6 is 12.4 Å². The summed E-state index contributed by atoms with van der Waals surface area (Å²) in [5.41, 5.74) is 1.64. The predicted molar refractivity (Wildman–Crippen MR) is 102 cm³/mol. The summed E-state index contributed by atoms with van der Waals surface area (Å²) in [4.78, 5) is 16.9. The lowest BCUT2D eigenvalue weighted by atomic mass is 9.90. The average Bonchev–Trinajstić information content (AvgIpc) is 2.52. The van der Waals surface area contributed by atoms with Gasteiger partial charge in [-0.1, -0.05) is 18.2 Å². The predicted octanol–water partition coefficient (Wildman–Crippen LogP) is 1.35. The van der Waals surface area contributed by atoms with Crippen LogP contribution in [0.2, 0.25) is 0 Å². The van der Waals surface area contributed by atoms with Gasteiger partial charge in [0.1, 0.15) is 0 Å². The van der Waals surface area contributed by atoms with Crippen molar-refractivity contribution in [3.8, 4) is 0 Å². The molecule has 1 aliphatic rings. The lowest BCUT2D eigenvalue weighted by molar-refractivity contribution is 0.337. The van der Waals surface area contributed by atoms with Crippen molar-refractivity contribution in [2.24, 2.45) is 11.1 Å². The third-order valence-electron chi connectivity index (χ3n) is 4.67. The molecule has 0 spiro atoms. The molecule has 1 unspecified atom stereocenters. The molecule has 1 fully saturated rings. The first-order chi connectivity index (χ1) is 11.3. The lowest BCUT2D eigenvalue weighted by Crippen LogP contribution is -2.46. The quantitative estimate of drug-likeness (QED) is 0.736. The number of pyridine rings is 1. The molecule has 0 radical (unpaired) electrons. The van der Waals surface area contributed by atoms with E-state index in [1.807, 2.05) is 31.2 Å². The van der Waals surface area contributed by atoms with E-state index in [0.717, 1.165) is 42.5 Å². The monoisotopic (exact) mass is 386 g/mol. The van der Waals surface area contributed by atoms with Crippen LogP contribution in [0, 0.1) is 5.92 Å². The maximum absolute atomic E-state index is 11.9. The van der Waals surface area contributed by atoms with E-state index in [9.17, 15) is 13.2 Å². The molecule has 9 heteroatoms. The summed E-state index contributed by atoms with van der Waals surface area (Å²) in [6.45, 7) is 3.39. The largest absolute Gasteiger partial charge is 0.371 e. The molecule has 0 aliphatic carbocycles. The summed E-state index contributed by atoms with van der Waals surface area (Å²) in [6.07, 6.45) is 1.68. The molecule has 1 aromatic heterocycles. The second kappa shape index (κ2) is 7.74. The first-order valence-corrected chi connectivity index (χ1v) is 9.55. The second-order valence-electron chi connectivity index (χ2n) is 6.34. The first-order valence-electron chi connectivity index (χ1n) is 8.00. The number of hydrogen-bond acceptors (Lipinski definition) is 4. The Morgan fingerprint density at radius 1 is 1.28 bits per heavy atom. The number of nitrogens with one attached hydrogen (secondary N) is 2. The van der Waals surface area contributed by atoms with Gasteiger partial charge >= 0.3 is 0 Å². The van der Waals surface area contributed by atoms with Gasteiger partial charge in [0.05, 0.1) is 11.2 Å². The zero-order chi connectivity index (χ0) is 17.3. The molecule has 1 aromatic carbocycles. The van der Waals surface area contributed by atoms with E-state index in [0.29, 0.717) is 0 Å². The number of hydrogen-bond donors (Lipinski definition) is 3. The van der Waals surface area contributed by atoms with Crippen LogP contribution < -0.4 is 20.3 Å². The van der Waals surface area contributed by atoms with E-state index >= 15 is 0 Å². The van der Waals surface area contributed by atoms with Crippen molar-refractivity contribution >= 4 is 39.2 Å². The van der Waals surface area contributed by atoms with Crippen LogP contribution in [0.5, 0.6) is 0 Å². The van der Waals surface area contributed by atoms with Crippen LogP contribution in [0.15, 0.2) is 35.1 Å². The Hall–Kier alpha value is -1.61. The summed E-state index contributed by atoms with van der Waals surface area (Å²) in [5.74, 6) is 0.229. The summed E-state index contributed by atoms with van der Waals surface area (Å²) in [5, 5.41) is 6.07. The van der Waals surface area contributed by atoms with Gasteiger partial charge in [-0.3, -0.25) is 4.79 Å². The molecule has 1 saturated heterocycles. The van der Waals surface area contributed by atoms with Gasteiger partial charge < -0.3 is 9.88 Å². The molecule has 4 N–H and O–H groups in total. The number of halogens is 1. The highest BCUT2D eigenvalue weighted by Crippen LogP contribution is 2.29. The van der Waals surface area contributed by atoms with Crippen molar-refractivity contribution in [2.75, 3.05) is 18.0 Å². The Morgan fingerprint density at radius 2 is 1.92 bits per heavy atom. The standard InChI is InChI=1S/C16H22N4O3S.ClH/c1-11(19-24(17,22)23)12-6-8-20(9-7-12)15-10-16(21)18-14-5-3-2-4-13(14)15;/h2-5,10-12,19H,6-9H2,1H3,(H,18,21)(H2,17,22,23);1H. The number of H-pyrrole nitrogens is 1. The Bertz CT molecular complexity index is 892. The number of piperidine rings is 1. The van der Waals surface area contributed by atoms with Crippen molar-refractivity contribution in [1.29, 1.82) is 0 Å². The number of aromatic amines is 1. The van der Waals surface area contributed by atoms with Crippen molar-refractivity contribution in [3.05, 3.63) is 40.7 Å². The zero-order valence-corrected chi connectivity index (χ0v) is 15.6. The molecule has 2 heterocycles. The molecular formula is C16H23ClN4O3S. The molecule has 0 saturated carbocycles. The first kappa shape index (κ1) is 19.7. The Balaban J connectivity index is 0.00000225. The highest BCUT2D eigenvalue weighted by atomic mass is 35.5. The molecule has 0 amide bonds. The summed E-state index contributed by atoms with van der Waals surface area (Å²) in [7, 11) is -3.68. The molecule has 2 aromatic rings. The molecule has 0 bridgehead atoms. The van der Waals surface area contributed by atoms with E-state index in [-0.39, 0.29) is 29.9 Å². The highest BCUT2D eigenvalue weighted by Gasteiger charge is 2.26. The topological polar surface area (TPSA) is 108 Å². The molecule has 7 nitrogen and oxygen atoms in total. The van der Waals surface area contributed by atoms with Crippen molar-refractivity contribution in [3.63, 3.8) is 0 Å². The number of nitrogens with two attached hydrogens (primary N) is 1. The van der Waals surface area contributed by atoms with Gasteiger partial charge in [0, 0.05) is 30.6 Å². The third kappa shape index (κ3) is 4.72. The van der Waals surface area contributed by atoms with Crippen LogP contribution in [0.4, 0.5) is 5.69 Å². The fourth-order valence-electron chi connectivity index (χ4n) is 3.44. The maximum Gasteiger partial charge on any atom is 0.274 e. The molecule has 3 rings (SSSR count). The normalized spacial score (nSPS) is 17.3. The van der Waals surface area contributed by atoms with E-state index < -0.39 is 10.2 Å². The van der Waals surface area contributed by atoms with E-state index in [1.165, 1.54) is 0 Å². The zero-order valence-electron chi connectivity index (χ0n) is 13.9. The van der Waals surface area contributed by atoms with E-state index in [4.69, 9.17) is 5.14 Å². The Kier molecular flexibility index (Phi) is 6.10. The molecule has 25 heavy (non-hydrogen) atoms. The van der Waals surface area contributed by atoms with Crippen LogP contribution in [0.25, 0.3) is 10.9 Å². The number of nitrogens with zero attached hydrogens (tertiary/aromatic N) is 1. The number of fused-ring (bicyclic) bond motifs is 1. The smallest absolute Gasteiger partial charge is 0.274 e. The minimum Gasteiger partial charge on any atom is -0.371 e. The summed E-state index contributed by atoms with van der Waals surface area (Å²) < 4.78 is 24.8. The minimum atomic E-state index is -3.68. The van der Waals surface area contributed by atoms with Crippen molar-refractivity contribution < 1.29 is 8.42 Å². The number of para-hydroxylation sites is 1. The molecule has 138 valence electrons. The Labute approximate surface area is 153 Å². The lowest BCUT2D eigenvalue weighted by Gasteiger charge is -2.36. The fraction of sp³-hybridized carbons (Fsp3) is 0.438. The number of anilines is 1. The Morgan fingerprint density at radius 3 is 2.56 bits per heavy atom. The summed E-state index contributed by atoms with van der Waals surface area (Å²) >= 11 is 0. The van der Waals surface area contributed by atoms with Crippen molar-refractivity contribution in [2.45, 2.75) is 25.8 Å². The van der Waals surface area contributed by atoms with Gasteiger partial charge in [-0.25, -0.2) is 5.14 Å². The third-order valence-corrected chi connectivity index (χ3v) is 5.37. The van der Waals surface area contributed by atoms with Crippen LogP contribution in [-0.4, -0.2) is 32.5 Å². The van der Waals surface area contributed by atoms with Crippen LogP contribution in [0.3, 0.4) is 0 Å². The maximum atomic E-state index is 11.9. The second-order valence-corrected chi connectivity index (χ2v) is 7.67. The van der Waals surface area contributed by atoms with E-state index in [2.05, 4.69) is 14.6 Å². The van der Waals surface area contributed by atoms with Gasteiger partial charge in [-0.2, -0.15) is 13.1 Å². The average molecular weight is 387 g/mol. The number of aromatic nitrogens is 1. The van der Waals surface area contributed by atoms with Crippen LogP contribution in [0.1, 0.15) is 19.8 Å². The van der Waals surface area contributed by atoms with Gasteiger partial charge in [-0.05, 0) is 31.7 Å². The van der Waals surface area contributed by atoms with Crippen LogP contribution in [-0.2, 0) is 10.2 Å². The molecular weight excluding hydrogens is 364 g/mol. The van der Waals surface area contributed by atoms with Gasteiger partial charge in [0.2, 0.25) is 5.56 Å². The number of rotatable bonds is 4. The number of benzene rings is 1. The molecule has 1 atom stereocenters. The van der Waals surface area contributed by atoms with E-state index in [1.54, 1.807) is 6.07 Å². The van der Waals surface area contributed by atoms with Gasteiger partial charge in [0.25, 0.3) is 10.2 Å². The van der Waals surface area contributed by atoms with Gasteiger partial charge in [0.15, 0.2) is 0 Å². The fourth-order valence-corrected chi connectivity index (χ4v) is 4.15. The van der Waals surface area contributed by atoms with Gasteiger partial charge in [-0.15, -0.1) is 12.4 Å². The summed E-state index contributed by atoms with van der Waals surface area (Å²) in [6, 6.07) is 9.18. The minimum absolute atomic E-state index is 0. The molecule has 1 aliphatic heterocycles. The van der Waals surface area contributed by atoms with Crippen molar-refractivity contribution in [1.82, 2.24) is 9.71 Å².